The minimum atomic E-state index is 0.0886. The summed E-state index contributed by atoms with van der Waals surface area (Å²) in [5.74, 6) is 0.803. The highest BCUT2D eigenvalue weighted by atomic mass is 32.1. The zero-order valence-corrected chi connectivity index (χ0v) is 13.2. The van der Waals surface area contributed by atoms with Crippen molar-refractivity contribution in [1.29, 1.82) is 0 Å². The lowest BCUT2D eigenvalue weighted by Crippen LogP contribution is -2.31. The Morgan fingerprint density at radius 3 is 2.62 bits per heavy atom. The van der Waals surface area contributed by atoms with Crippen LogP contribution in [0.5, 0.6) is 0 Å². The second-order valence-electron chi connectivity index (χ2n) is 5.56. The summed E-state index contributed by atoms with van der Waals surface area (Å²) in [5, 5.41) is 3.58. The molecular formula is C17H23NO2S. The molecule has 2 rings (SSSR count). The molecule has 114 valence electrons. The van der Waals surface area contributed by atoms with Gasteiger partial charge in [-0.05, 0) is 31.0 Å². The van der Waals surface area contributed by atoms with Gasteiger partial charge >= 0.3 is 0 Å². The molecule has 1 aliphatic rings. The van der Waals surface area contributed by atoms with Gasteiger partial charge in [0.2, 0.25) is 0 Å². The Morgan fingerprint density at radius 1 is 1.19 bits per heavy atom. The molecule has 4 heteroatoms. The normalized spacial score (nSPS) is 15.4. The topological polar surface area (TPSA) is 38.3 Å². The summed E-state index contributed by atoms with van der Waals surface area (Å²) in [5.41, 5.74) is 0.724. The molecule has 0 heterocycles. The van der Waals surface area contributed by atoms with E-state index in [4.69, 9.17) is 17.0 Å². The third-order valence-electron chi connectivity index (χ3n) is 3.92. The lowest BCUT2D eigenvalue weighted by atomic mass is 9.89. The van der Waals surface area contributed by atoms with Gasteiger partial charge in [0.05, 0.1) is 6.61 Å². The van der Waals surface area contributed by atoms with Crippen LogP contribution in [-0.2, 0) is 4.74 Å². The maximum atomic E-state index is 11.9. The van der Waals surface area contributed by atoms with E-state index in [0.717, 1.165) is 12.1 Å². The van der Waals surface area contributed by atoms with Crippen LogP contribution >= 0.6 is 12.2 Å². The van der Waals surface area contributed by atoms with Crippen LogP contribution in [0.2, 0.25) is 0 Å². The summed E-state index contributed by atoms with van der Waals surface area (Å²) >= 11 is 5.15. The first-order valence-corrected chi connectivity index (χ1v) is 8.15. The van der Waals surface area contributed by atoms with Gasteiger partial charge < -0.3 is 10.1 Å². The van der Waals surface area contributed by atoms with Gasteiger partial charge in [0.25, 0.3) is 5.17 Å². The van der Waals surface area contributed by atoms with Crippen LogP contribution in [0.4, 0.5) is 0 Å². The molecule has 1 saturated carbocycles. The Hall–Kier alpha value is -1.42. The summed E-state index contributed by atoms with van der Waals surface area (Å²) in [4.78, 5) is 11.9. The zero-order chi connectivity index (χ0) is 14.9. The van der Waals surface area contributed by atoms with Crippen molar-refractivity contribution in [3.63, 3.8) is 0 Å². The predicted octanol–water partition coefficient (Wildman–Crippen LogP) is 3.73. The Bertz CT molecular complexity index is 455. The van der Waals surface area contributed by atoms with Gasteiger partial charge in [-0.1, -0.05) is 49.6 Å². The molecule has 0 amide bonds. The molecule has 3 nitrogen and oxygen atoms in total. The first-order chi connectivity index (χ1) is 10.3. The molecule has 0 aliphatic heterocycles. The average Bonchev–Trinajstić information content (AvgIpc) is 2.54. The van der Waals surface area contributed by atoms with E-state index in [2.05, 4.69) is 5.32 Å². The number of Topliss-reactive ketones (excluding diaryl/α,β-unsaturated/α-hetero) is 1. The highest BCUT2D eigenvalue weighted by Gasteiger charge is 2.13. The Labute approximate surface area is 132 Å². The van der Waals surface area contributed by atoms with Crippen molar-refractivity contribution < 1.29 is 9.53 Å². The number of rotatable bonds is 6. The second-order valence-corrected chi connectivity index (χ2v) is 5.93. The monoisotopic (exact) mass is 305 g/mol. The molecule has 0 atom stereocenters. The Kier molecular flexibility index (Phi) is 6.67. The Balaban J connectivity index is 1.59. The molecule has 0 unspecified atom stereocenters. The van der Waals surface area contributed by atoms with E-state index in [1.165, 1.54) is 32.1 Å². The minimum Gasteiger partial charge on any atom is -0.471 e. The number of ketones is 1. The minimum absolute atomic E-state index is 0.0886. The zero-order valence-electron chi connectivity index (χ0n) is 12.3. The fourth-order valence-corrected chi connectivity index (χ4v) is 2.84. The molecule has 0 aromatic heterocycles. The quantitative estimate of drug-likeness (QED) is 0.642. The molecule has 0 bridgehead atoms. The maximum Gasteiger partial charge on any atom is 0.256 e. The number of carbonyl (C=O) groups is 1. The largest absolute Gasteiger partial charge is 0.471 e. The van der Waals surface area contributed by atoms with E-state index in [-0.39, 0.29) is 5.78 Å². The van der Waals surface area contributed by atoms with Crippen LogP contribution in [0.25, 0.3) is 0 Å². The highest BCUT2D eigenvalue weighted by molar-refractivity contribution is 7.80. The number of hydrogen-bond donors (Lipinski definition) is 1. The Morgan fingerprint density at radius 2 is 1.90 bits per heavy atom. The van der Waals surface area contributed by atoms with E-state index in [0.29, 0.717) is 24.1 Å². The third-order valence-corrected chi connectivity index (χ3v) is 4.18. The van der Waals surface area contributed by atoms with Crippen LogP contribution in [0.1, 0.15) is 48.9 Å². The van der Waals surface area contributed by atoms with E-state index >= 15 is 0 Å². The molecule has 1 aromatic rings. The van der Waals surface area contributed by atoms with Crippen LogP contribution < -0.4 is 5.32 Å². The van der Waals surface area contributed by atoms with E-state index in [1.807, 2.05) is 30.3 Å². The molecule has 0 radical (unpaired) electrons. The lowest BCUT2D eigenvalue weighted by Gasteiger charge is -2.22. The van der Waals surface area contributed by atoms with Gasteiger partial charge in [0, 0.05) is 18.5 Å². The number of thiocarbonyl (C=S) groups is 1. The van der Waals surface area contributed by atoms with Crippen LogP contribution in [-0.4, -0.2) is 24.1 Å². The predicted molar refractivity (Wildman–Crippen MR) is 88.5 cm³/mol. The van der Waals surface area contributed by atoms with Gasteiger partial charge in [0.15, 0.2) is 5.78 Å². The van der Waals surface area contributed by atoms with Crippen molar-refractivity contribution in [2.75, 3.05) is 13.2 Å². The van der Waals surface area contributed by atoms with Crippen molar-refractivity contribution in [2.45, 2.75) is 38.5 Å². The summed E-state index contributed by atoms with van der Waals surface area (Å²) < 4.78 is 5.42. The molecule has 1 fully saturated rings. The third kappa shape index (κ3) is 5.84. The summed E-state index contributed by atoms with van der Waals surface area (Å²) in [6.45, 7) is 1.23. The molecule has 21 heavy (non-hydrogen) atoms. The number of benzene rings is 1. The fraction of sp³-hybridized carbons (Fsp3) is 0.529. The molecule has 0 spiro atoms. The molecule has 1 aliphatic carbocycles. The van der Waals surface area contributed by atoms with Gasteiger partial charge in [-0.15, -0.1) is 0 Å². The van der Waals surface area contributed by atoms with Crippen molar-refractivity contribution in [2.24, 2.45) is 5.92 Å². The van der Waals surface area contributed by atoms with Crippen molar-refractivity contribution in [3.05, 3.63) is 35.9 Å². The molecule has 1 aromatic carbocycles. The van der Waals surface area contributed by atoms with Crippen molar-refractivity contribution in [3.8, 4) is 0 Å². The van der Waals surface area contributed by atoms with E-state index in [9.17, 15) is 4.79 Å². The number of carbonyl (C=O) groups excluding carboxylic acids is 1. The summed E-state index contributed by atoms with van der Waals surface area (Å²) in [7, 11) is 0. The number of hydrogen-bond acceptors (Lipinski definition) is 3. The molecule has 0 saturated heterocycles. The van der Waals surface area contributed by atoms with Crippen molar-refractivity contribution >= 4 is 23.2 Å². The van der Waals surface area contributed by atoms with Gasteiger partial charge in [-0.3, -0.25) is 4.79 Å². The molecule has 1 N–H and O–H groups in total. The lowest BCUT2D eigenvalue weighted by molar-refractivity contribution is 0.0959. The summed E-state index contributed by atoms with van der Waals surface area (Å²) in [6.07, 6.45) is 6.93. The summed E-state index contributed by atoms with van der Waals surface area (Å²) in [6, 6.07) is 9.27. The first-order valence-electron chi connectivity index (χ1n) is 7.74. The maximum absolute atomic E-state index is 11.9. The average molecular weight is 305 g/mol. The standard InChI is InChI=1S/C17H23NO2S/c19-16(15-9-5-2-6-10-15)11-12-20-17(21)18-13-14-7-3-1-4-8-14/h2,5-6,9-10,14H,1,3-4,7-8,11-13H2,(H,18,21). The molecular weight excluding hydrogens is 282 g/mol. The smallest absolute Gasteiger partial charge is 0.256 e. The van der Waals surface area contributed by atoms with Crippen LogP contribution in [0.3, 0.4) is 0 Å². The van der Waals surface area contributed by atoms with Gasteiger partial charge in [-0.25, -0.2) is 0 Å². The van der Waals surface area contributed by atoms with E-state index in [1.54, 1.807) is 0 Å². The van der Waals surface area contributed by atoms with Crippen molar-refractivity contribution in [1.82, 2.24) is 5.32 Å². The van der Waals surface area contributed by atoms with Crippen LogP contribution in [0, 0.1) is 5.92 Å². The van der Waals surface area contributed by atoms with Gasteiger partial charge in [0.1, 0.15) is 0 Å². The fourth-order valence-electron chi connectivity index (χ4n) is 2.67. The number of ether oxygens (including phenoxy) is 1. The first kappa shape index (κ1) is 16.0. The van der Waals surface area contributed by atoms with E-state index < -0.39 is 0 Å². The number of nitrogens with one attached hydrogen (secondary N) is 1. The SMILES string of the molecule is O=C(CCOC(=S)NCC1CCCCC1)c1ccccc1. The second kappa shape index (κ2) is 8.78. The highest BCUT2D eigenvalue weighted by Crippen LogP contribution is 2.22. The van der Waals surface area contributed by atoms with Crippen LogP contribution in [0.15, 0.2) is 30.3 Å². The van der Waals surface area contributed by atoms with Gasteiger partial charge in [-0.2, -0.15) is 0 Å².